The number of rotatable bonds is 6. The van der Waals surface area contributed by atoms with Crippen molar-refractivity contribution in [1.82, 2.24) is 15.5 Å². The summed E-state index contributed by atoms with van der Waals surface area (Å²) in [6.45, 7) is 3.97. The van der Waals surface area contributed by atoms with E-state index in [1.165, 1.54) is 0 Å². The molecule has 2 aromatic rings. The molecule has 3 N–H and O–H groups in total. The van der Waals surface area contributed by atoms with Crippen LogP contribution in [0.4, 0.5) is 0 Å². The van der Waals surface area contributed by atoms with Gasteiger partial charge >= 0.3 is 0 Å². The van der Waals surface area contributed by atoms with E-state index in [0.717, 1.165) is 17.0 Å². The van der Waals surface area contributed by atoms with E-state index >= 15 is 0 Å². The standard InChI is InChI=1S/C14H19N3O2S/c1-3-9(2)12(8-18)15-14(19)11-7-10(16-17-11)13-5-4-6-20-13/h4-7,9,12,18H,3,8H2,1-2H3,(H,15,19)(H,16,17)/t9-,12-/m1/s1. The minimum absolute atomic E-state index is 0.0665. The van der Waals surface area contributed by atoms with Gasteiger partial charge in [0.25, 0.3) is 5.91 Å². The van der Waals surface area contributed by atoms with Crippen LogP contribution < -0.4 is 5.32 Å². The lowest BCUT2D eigenvalue weighted by Gasteiger charge is -2.21. The van der Waals surface area contributed by atoms with Gasteiger partial charge in [0.1, 0.15) is 0 Å². The first-order valence-electron chi connectivity index (χ1n) is 6.66. The molecule has 0 spiro atoms. The number of aliphatic hydroxyl groups excluding tert-OH is 1. The van der Waals surface area contributed by atoms with E-state index in [9.17, 15) is 9.90 Å². The second kappa shape index (κ2) is 6.67. The first-order chi connectivity index (χ1) is 9.65. The number of nitrogens with one attached hydrogen (secondary N) is 2. The quantitative estimate of drug-likeness (QED) is 0.764. The van der Waals surface area contributed by atoms with E-state index in [0.29, 0.717) is 5.69 Å². The van der Waals surface area contributed by atoms with Crippen LogP contribution in [0.25, 0.3) is 10.6 Å². The predicted molar refractivity (Wildman–Crippen MR) is 79.7 cm³/mol. The molecule has 0 aliphatic carbocycles. The molecule has 2 atom stereocenters. The summed E-state index contributed by atoms with van der Waals surface area (Å²) in [7, 11) is 0. The van der Waals surface area contributed by atoms with E-state index < -0.39 is 0 Å². The maximum absolute atomic E-state index is 12.1. The van der Waals surface area contributed by atoms with Gasteiger partial charge in [-0.3, -0.25) is 9.89 Å². The van der Waals surface area contributed by atoms with Crippen molar-refractivity contribution >= 4 is 17.2 Å². The number of H-pyrrole nitrogens is 1. The Morgan fingerprint density at radius 2 is 2.40 bits per heavy atom. The molecule has 1 amide bonds. The Morgan fingerprint density at radius 1 is 1.60 bits per heavy atom. The minimum atomic E-state index is -0.261. The third kappa shape index (κ3) is 3.26. The number of carbonyl (C=O) groups is 1. The van der Waals surface area contributed by atoms with Crippen LogP contribution in [0.5, 0.6) is 0 Å². The molecule has 0 aliphatic heterocycles. The van der Waals surface area contributed by atoms with Crippen molar-refractivity contribution in [3.63, 3.8) is 0 Å². The molecule has 2 aromatic heterocycles. The highest BCUT2D eigenvalue weighted by molar-refractivity contribution is 7.13. The smallest absolute Gasteiger partial charge is 0.272 e. The molecule has 5 nitrogen and oxygen atoms in total. The van der Waals surface area contributed by atoms with Crippen LogP contribution in [-0.4, -0.2) is 33.9 Å². The molecule has 20 heavy (non-hydrogen) atoms. The number of aromatic nitrogens is 2. The molecule has 0 radical (unpaired) electrons. The van der Waals surface area contributed by atoms with Gasteiger partial charge in [-0.1, -0.05) is 26.3 Å². The van der Waals surface area contributed by atoms with Gasteiger partial charge in [-0.15, -0.1) is 11.3 Å². The topological polar surface area (TPSA) is 78.0 Å². The van der Waals surface area contributed by atoms with Crippen molar-refractivity contribution < 1.29 is 9.90 Å². The maximum atomic E-state index is 12.1. The molecule has 0 aromatic carbocycles. The zero-order chi connectivity index (χ0) is 14.5. The number of aromatic amines is 1. The van der Waals surface area contributed by atoms with E-state index in [2.05, 4.69) is 15.5 Å². The zero-order valence-electron chi connectivity index (χ0n) is 11.6. The van der Waals surface area contributed by atoms with Crippen LogP contribution >= 0.6 is 11.3 Å². The van der Waals surface area contributed by atoms with E-state index in [-0.39, 0.29) is 24.5 Å². The Hall–Kier alpha value is -1.66. The highest BCUT2D eigenvalue weighted by Gasteiger charge is 2.20. The first kappa shape index (κ1) is 14.7. The number of amides is 1. The third-order valence-corrected chi connectivity index (χ3v) is 4.34. The van der Waals surface area contributed by atoms with Crippen LogP contribution in [0.2, 0.25) is 0 Å². The average Bonchev–Trinajstić information content (AvgIpc) is 3.13. The fraction of sp³-hybridized carbons (Fsp3) is 0.429. The molecule has 0 saturated carbocycles. The second-order valence-electron chi connectivity index (χ2n) is 4.79. The molecule has 108 valence electrons. The van der Waals surface area contributed by atoms with Gasteiger partial charge in [-0.05, 0) is 23.4 Å². The molecule has 2 heterocycles. The summed E-state index contributed by atoms with van der Waals surface area (Å²) in [5.74, 6) is -0.0388. The summed E-state index contributed by atoms with van der Waals surface area (Å²) in [5.41, 5.74) is 1.17. The summed E-state index contributed by atoms with van der Waals surface area (Å²) in [6, 6.07) is 5.40. The van der Waals surface area contributed by atoms with Gasteiger partial charge in [-0.25, -0.2) is 0 Å². The number of thiophene rings is 1. The van der Waals surface area contributed by atoms with Gasteiger partial charge in [0.05, 0.1) is 23.2 Å². The molecular formula is C14H19N3O2S. The molecule has 6 heteroatoms. The van der Waals surface area contributed by atoms with Crippen LogP contribution in [-0.2, 0) is 0 Å². The van der Waals surface area contributed by atoms with Crippen LogP contribution in [0.15, 0.2) is 23.6 Å². The van der Waals surface area contributed by atoms with Crippen LogP contribution in [0.3, 0.4) is 0 Å². The fourth-order valence-electron chi connectivity index (χ4n) is 1.89. The highest BCUT2D eigenvalue weighted by atomic mass is 32.1. The monoisotopic (exact) mass is 293 g/mol. The SMILES string of the molecule is CC[C@@H](C)[C@@H](CO)NC(=O)c1cc(-c2cccs2)[nH]n1. The lowest BCUT2D eigenvalue weighted by molar-refractivity contribution is 0.0886. The first-order valence-corrected chi connectivity index (χ1v) is 7.54. The largest absolute Gasteiger partial charge is 0.394 e. The van der Waals surface area contributed by atoms with Gasteiger partial charge in [0.15, 0.2) is 5.69 Å². The summed E-state index contributed by atoms with van der Waals surface area (Å²) >= 11 is 1.59. The molecular weight excluding hydrogens is 274 g/mol. The van der Waals surface area contributed by atoms with Crippen molar-refractivity contribution in [3.8, 4) is 10.6 Å². The van der Waals surface area contributed by atoms with E-state index in [1.54, 1.807) is 17.4 Å². The Kier molecular flexibility index (Phi) is 4.92. The normalized spacial score (nSPS) is 13.9. The third-order valence-electron chi connectivity index (χ3n) is 3.44. The summed E-state index contributed by atoms with van der Waals surface area (Å²) in [4.78, 5) is 13.2. The molecule has 0 bridgehead atoms. The highest BCUT2D eigenvalue weighted by Crippen LogP contribution is 2.22. The van der Waals surface area contributed by atoms with E-state index in [4.69, 9.17) is 0 Å². The molecule has 0 aliphatic rings. The van der Waals surface area contributed by atoms with Crippen molar-refractivity contribution in [1.29, 1.82) is 0 Å². The predicted octanol–water partition coefficient (Wildman–Crippen LogP) is 2.27. The Morgan fingerprint density at radius 3 is 3.00 bits per heavy atom. The maximum Gasteiger partial charge on any atom is 0.272 e. The van der Waals surface area contributed by atoms with Crippen molar-refractivity contribution in [2.75, 3.05) is 6.61 Å². The number of hydrogen-bond donors (Lipinski definition) is 3. The summed E-state index contributed by atoms with van der Waals surface area (Å²) < 4.78 is 0. The van der Waals surface area contributed by atoms with Crippen LogP contribution in [0.1, 0.15) is 30.8 Å². The van der Waals surface area contributed by atoms with Gasteiger partial charge in [-0.2, -0.15) is 5.10 Å². The summed E-state index contributed by atoms with van der Waals surface area (Å²) in [6.07, 6.45) is 0.895. The van der Waals surface area contributed by atoms with Gasteiger partial charge in [0, 0.05) is 0 Å². The minimum Gasteiger partial charge on any atom is -0.394 e. The number of hydrogen-bond acceptors (Lipinski definition) is 4. The lowest BCUT2D eigenvalue weighted by atomic mass is 10.00. The van der Waals surface area contributed by atoms with Gasteiger partial charge < -0.3 is 10.4 Å². The number of carbonyl (C=O) groups excluding carboxylic acids is 1. The summed E-state index contributed by atoms with van der Waals surface area (Å²) in [5, 5.41) is 21.0. The fourth-order valence-corrected chi connectivity index (χ4v) is 2.58. The lowest BCUT2D eigenvalue weighted by Crippen LogP contribution is -2.42. The number of aliphatic hydroxyl groups is 1. The molecule has 0 fully saturated rings. The number of nitrogens with zero attached hydrogens (tertiary/aromatic N) is 1. The van der Waals surface area contributed by atoms with E-state index in [1.807, 2.05) is 31.4 Å². The van der Waals surface area contributed by atoms with Gasteiger partial charge in [0.2, 0.25) is 0 Å². The van der Waals surface area contributed by atoms with Crippen LogP contribution in [0, 0.1) is 5.92 Å². The zero-order valence-corrected chi connectivity index (χ0v) is 12.4. The second-order valence-corrected chi connectivity index (χ2v) is 5.74. The molecule has 0 saturated heterocycles. The average molecular weight is 293 g/mol. The van der Waals surface area contributed by atoms with Crippen molar-refractivity contribution in [2.45, 2.75) is 26.3 Å². The molecule has 2 rings (SSSR count). The Bertz CT molecular complexity index is 551. The van der Waals surface area contributed by atoms with Crippen molar-refractivity contribution in [3.05, 3.63) is 29.3 Å². The Labute approximate surface area is 122 Å². The molecule has 0 unspecified atom stereocenters. The Balaban J connectivity index is 2.06. The van der Waals surface area contributed by atoms with Crippen molar-refractivity contribution in [2.24, 2.45) is 5.92 Å².